The van der Waals surface area contributed by atoms with Crippen LogP contribution in [0.2, 0.25) is 0 Å². The minimum Gasteiger partial charge on any atom is -0.494 e. The zero-order chi connectivity index (χ0) is 13.4. The summed E-state index contributed by atoms with van der Waals surface area (Å²) in [6.07, 6.45) is 2.08. The Balaban J connectivity index is 2.91. The molecule has 0 heterocycles. The standard InChI is InChI=1S/C16H25NO/c1-5-11-17-15(12-13(3)4)14-9-7-8-10-16(14)18-6-2/h7-10,15,17H,3,5-6,11-12H2,1-2,4H3. The van der Waals surface area contributed by atoms with Crippen molar-refractivity contribution in [3.63, 3.8) is 0 Å². The summed E-state index contributed by atoms with van der Waals surface area (Å²) >= 11 is 0. The maximum absolute atomic E-state index is 5.71. The first-order valence-electron chi connectivity index (χ1n) is 6.78. The van der Waals surface area contributed by atoms with E-state index in [1.807, 2.05) is 19.1 Å². The van der Waals surface area contributed by atoms with E-state index in [0.717, 1.165) is 25.1 Å². The molecular weight excluding hydrogens is 222 g/mol. The number of benzene rings is 1. The molecule has 1 N–H and O–H groups in total. The molecule has 0 spiro atoms. The van der Waals surface area contributed by atoms with Crippen LogP contribution >= 0.6 is 0 Å². The van der Waals surface area contributed by atoms with Gasteiger partial charge in [-0.05, 0) is 39.3 Å². The lowest BCUT2D eigenvalue weighted by atomic mass is 9.99. The predicted molar refractivity (Wildman–Crippen MR) is 78.1 cm³/mol. The number of para-hydroxylation sites is 1. The van der Waals surface area contributed by atoms with Crippen molar-refractivity contribution in [3.8, 4) is 5.75 Å². The Bertz CT molecular complexity index is 373. The Labute approximate surface area is 111 Å². The monoisotopic (exact) mass is 247 g/mol. The Hall–Kier alpha value is -1.28. The Morgan fingerprint density at radius 2 is 2.06 bits per heavy atom. The molecule has 0 aliphatic carbocycles. The van der Waals surface area contributed by atoms with Gasteiger partial charge in [-0.2, -0.15) is 0 Å². The summed E-state index contributed by atoms with van der Waals surface area (Å²) in [7, 11) is 0. The second-order valence-corrected chi connectivity index (χ2v) is 4.64. The van der Waals surface area contributed by atoms with Gasteiger partial charge in [0.15, 0.2) is 0 Å². The molecule has 2 heteroatoms. The van der Waals surface area contributed by atoms with Crippen LogP contribution < -0.4 is 10.1 Å². The highest BCUT2D eigenvalue weighted by molar-refractivity contribution is 5.36. The summed E-state index contributed by atoms with van der Waals surface area (Å²) in [5, 5.41) is 3.58. The van der Waals surface area contributed by atoms with Crippen molar-refractivity contribution in [3.05, 3.63) is 42.0 Å². The molecule has 0 fully saturated rings. The number of hydrogen-bond acceptors (Lipinski definition) is 2. The average molecular weight is 247 g/mol. The first-order valence-corrected chi connectivity index (χ1v) is 6.78. The van der Waals surface area contributed by atoms with E-state index >= 15 is 0 Å². The lowest BCUT2D eigenvalue weighted by Crippen LogP contribution is -2.23. The fourth-order valence-corrected chi connectivity index (χ4v) is 2.01. The van der Waals surface area contributed by atoms with Crippen LogP contribution in [0.5, 0.6) is 5.75 Å². The molecule has 18 heavy (non-hydrogen) atoms. The van der Waals surface area contributed by atoms with Crippen LogP contribution in [0.25, 0.3) is 0 Å². The third-order valence-corrected chi connectivity index (χ3v) is 2.79. The summed E-state index contributed by atoms with van der Waals surface area (Å²) in [5.41, 5.74) is 2.42. The minimum atomic E-state index is 0.296. The Kier molecular flexibility index (Phi) is 6.51. The molecule has 0 saturated carbocycles. The molecule has 0 aromatic heterocycles. The van der Waals surface area contributed by atoms with E-state index < -0.39 is 0 Å². The van der Waals surface area contributed by atoms with Crippen molar-refractivity contribution in [1.29, 1.82) is 0 Å². The topological polar surface area (TPSA) is 21.3 Å². The largest absolute Gasteiger partial charge is 0.494 e. The molecule has 1 aromatic rings. The number of nitrogens with one attached hydrogen (secondary N) is 1. The van der Waals surface area contributed by atoms with Crippen molar-refractivity contribution >= 4 is 0 Å². The fraction of sp³-hybridized carbons (Fsp3) is 0.500. The first kappa shape index (κ1) is 14.8. The zero-order valence-corrected chi connectivity index (χ0v) is 11.8. The lowest BCUT2D eigenvalue weighted by Gasteiger charge is -2.21. The minimum absolute atomic E-state index is 0.296. The Morgan fingerprint density at radius 1 is 1.33 bits per heavy atom. The van der Waals surface area contributed by atoms with Crippen LogP contribution in [0.15, 0.2) is 36.4 Å². The summed E-state index contributed by atoms with van der Waals surface area (Å²) in [6, 6.07) is 8.56. The van der Waals surface area contributed by atoms with Gasteiger partial charge in [0.2, 0.25) is 0 Å². The zero-order valence-electron chi connectivity index (χ0n) is 11.8. The van der Waals surface area contributed by atoms with E-state index in [4.69, 9.17) is 4.74 Å². The Morgan fingerprint density at radius 3 is 2.67 bits per heavy atom. The maximum Gasteiger partial charge on any atom is 0.124 e. The number of rotatable bonds is 8. The van der Waals surface area contributed by atoms with E-state index in [1.54, 1.807) is 0 Å². The molecule has 1 rings (SSSR count). The highest BCUT2D eigenvalue weighted by Gasteiger charge is 2.15. The molecular formula is C16H25NO. The highest BCUT2D eigenvalue weighted by atomic mass is 16.5. The molecule has 1 atom stereocenters. The highest BCUT2D eigenvalue weighted by Crippen LogP contribution is 2.29. The maximum atomic E-state index is 5.71. The van der Waals surface area contributed by atoms with Crippen LogP contribution in [-0.4, -0.2) is 13.2 Å². The number of ether oxygens (including phenoxy) is 1. The van der Waals surface area contributed by atoms with Gasteiger partial charge in [-0.1, -0.05) is 30.7 Å². The van der Waals surface area contributed by atoms with E-state index in [2.05, 4.69) is 37.9 Å². The SMILES string of the molecule is C=C(C)CC(NCCC)c1ccccc1OCC. The number of hydrogen-bond donors (Lipinski definition) is 1. The normalized spacial score (nSPS) is 12.2. The van der Waals surface area contributed by atoms with Crippen molar-refractivity contribution in [2.24, 2.45) is 0 Å². The molecule has 2 nitrogen and oxygen atoms in total. The van der Waals surface area contributed by atoms with Gasteiger partial charge in [-0.25, -0.2) is 0 Å². The van der Waals surface area contributed by atoms with Crippen LogP contribution in [0.1, 0.15) is 45.2 Å². The van der Waals surface area contributed by atoms with Crippen molar-refractivity contribution in [2.45, 2.75) is 39.7 Å². The van der Waals surface area contributed by atoms with E-state index in [0.29, 0.717) is 12.6 Å². The third kappa shape index (κ3) is 4.53. The van der Waals surface area contributed by atoms with Gasteiger partial charge in [0.05, 0.1) is 6.61 Å². The second kappa shape index (κ2) is 7.93. The molecule has 0 amide bonds. The average Bonchev–Trinajstić information content (AvgIpc) is 2.35. The summed E-state index contributed by atoms with van der Waals surface area (Å²) in [4.78, 5) is 0. The molecule has 0 bridgehead atoms. The third-order valence-electron chi connectivity index (χ3n) is 2.79. The van der Waals surface area contributed by atoms with Gasteiger partial charge in [-0.15, -0.1) is 6.58 Å². The van der Waals surface area contributed by atoms with Gasteiger partial charge in [0.25, 0.3) is 0 Å². The van der Waals surface area contributed by atoms with Gasteiger partial charge in [0.1, 0.15) is 5.75 Å². The van der Waals surface area contributed by atoms with Crippen LogP contribution in [0.4, 0.5) is 0 Å². The summed E-state index contributed by atoms with van der Waals surface area (Å²) < 4.78 is 5.71. The van der Waals surface area contributed by atoms with Gasteiger partial charge in [0, 0.05) is 11.6 Å². The lowest BCUT2D eigenvalue weighted by molar-refractivity contribution is 0.331. The molecule has 100 valence electrons. The van der Waals surface area contributed by atoms with Crippen LogP contribution in [0, 0.1) is 0 Å². The smallest absolute Gasteiger partial charge is 0.124 e. The van der Waals surface area contributed by atoms with Gasteiger partial charge < -0.3 is 10.1 Å². The summed E-state index contributed by atoms with van der Waals surface area (Å²) in [6.45, 7) is 12.0. The first-order chi connectivity index (χ1) is 8.69. The van der Waals surface area contributed by atoms with E-state index in [1.165, 1.54) is 11.1 Å². The molecule has 0 saturated heterocycles. The van der Waals surface area contributed by atoms with E-state index in [-0.39, 0.29) is 0 Å². The predicted octanol–water partition coefficient (Wildman–Crippen LogP) is 4.09. The molecule has 0 aliphatic rings. The van der Waals surface area contributed by atoms with Crippen LogP contribution in [-0.2, 0) is 0 Å². The van der Waals surface area contributed by atoms with Gasteiger partial charge >= 0.3 is 0 Å². The molecule has 0 radical (unpaired) electrons. The van der Waals surface area contributed by atoms with E-state index in [9.17, 15) is 0 Å². The second-order valence-electron chi connectivity index (χ2n) is 4.64. The fourth-order valence-electron chi connectivity index (χ4n) is 2.01. The van der Waals surface area contributed by atoms with Gasteiger partial charge in [-0.3, -0.25) is 0 Å². The quantitative estimate of drug-likeness (QED) is 0.699. The van der Waals surface area contributed by atoms with Crippen molar-refractivity contribution < 1.29 is 4.74 Å². The molecule has 0 aliphatic heterocycles. The molecule has 1 aromatic carbocycles. The summed E-state index contributed by atoms with van der Waals surface area (Å²) in [5.74, 6) is 0.981. The molecule has 1 unspecified atom stereocenters. The van der Waals surface area contributed by atoms with Crippen molar-refractivity contribution in [2.75, 3.05) is 13.2 Å². The van der Waals surface area contributed by atoms with Crippen LogP contribution in [0.3, 0.4) is 0 Å². The van der Waals surface area contributed by atoms with Crippen molar-refractivity contribution in [1.82, 2.24) is 5.32 Å².